The van der Waals surface area contributed by atoms with Gasteiger partial charge in [0.15, 0.2) is 0 Å². The molecule has 1 N–H and O–H groups in total. The van der Waals surface area contributed by atoms with E-state index in [9.17, 15) is 13.2 Å². The molecule has 0 bridgehead atoms. The van der Waals surface area contributed by atoms with Gasteiger partial charge in [-0.1, -0.05) is 18.2 Å². The lowest BCUT2D eigenvalue weighted by Crippen LogP contribution is -2.19. The van der Waals surface area contributed by atoms with Gasteiger partial charge in [0, 0.05) is 0 Å². The number of carbonyl (C=O) groups excluding carboxylic acids is 1. The van der Waals surface area contributed by atoms with Crippen LogP contribution in [0.15, 0.2) is 40.3 Å². The summed E-state index contributed by atoms with van der Waals surface area (Å²) in [4.78, 5) is 12.8. The van der Waals surface area contributed by atoms with Crippen LogP contribution < -0.4 is 4.83 Å². The summed E-state index contributed by atoms with van der Waals surface area (Å²) in [5, 5.41) is 3.30. The SMILES string of the molecule is CCOC(=O)/C=N/NS(=O)(=O)c1ccccc1. The molecule has 0 radical (unpaired) electrons. The van der Waals surface area contributed by atoms with Crippen molar-refractivity contribution in [3.05, 3.63) is 30.3 Å². The molecular weight excluding hydrogens is 244 g/mol. The third-order valence-corrected chi connectivity index (χ3v) is 2.92. The molecule has 0 aliphatic carbocycles. The largest absolute Gasteiger partial charge is 0.462 e. The quantitative estimate of drug-likeness (QED) is 0.472. The first-order chi connectivity index (χ1) is 8.06. The van der Waals surface area contributed by atoms with Gasteiger partial charge in [-0.15, -0.1) is 0 Å². The zero-order valence-electron chi connectivity index (χ0n) is 9.16. The molecule has 0 aliphatic rings. The van der Waals surface area contributed by atoms with E-state index in [-0.39, 0.29) is 11.5 Å². The van der Waals surface area contributed by atoms with Crippen molar-refractivity contribution in [3.8, 4) is 0 Å². The number of benzene rings is 1. The third-order valence-electron chi connectivity index (χ3n) is 1.68. The van der Waals surface area contributed by atoms with Gasteiger partial charge in [-0.25, -0.2) is 4.79 Å². The monoisotopic (exact) mass is 256 g/mol. The number of rotatable bonds is 5. The highest BCUT2D eigenvalue weighted by molar-refractivity contribution is 7.89. The first kappa shape index (κ1) is 13.2. The van der Waals surface area contributed by atoms with Crippen LogP contribution in [0.3, 0.4) is 0 Å². The number of carbonyl (C=O) groups is 1. The van der Waals surface area contributed by atoms with Crippen molar-refractivity contribution in [2.75, 3.05) is 6.61 Å². The summed E-state index contributed by atoms with van der Waals surface area (Å²) >= 11 is 0. The Morgan fingerprint density at radius 2 is 2.06 bits per heavy atom. The Balaban J connectivity index is 2.66. The molecule has 6 nitrogen and oxygen atoms in total. The fraction of sp³-hybridized carbons (Fsp3) is 0.200. The van der Waals surface area contributed by atoms with Gasteiger partial charge in [0.05, 0.1) is 11.5 Å². The van der Waals surface area contributed by atoms with Gasteiger partial charge in [0.2, 0.25) is 0 Å². The van der Waals surface area contributed by atoms with E-state index >= 15 is 0 Å². The number of ether oxygens (including phenoxy) is 1. The molecule has 7 heteroatoms. The van der Waals surface area contributed by atoms with Crippen molar-refractivity contribution in [2.24, 2.45) is 5.10 Å². The fourth-order valence-electron chi connectivity index (χ4n) is 0.980. The Morgan fingerprint density at radius 3 is 2.65 bits per heavy atom. The lowest BCUT2D eigenvalue weighted by atomic mass is 10.4. The minimum absolute atomic E-state index is 0.0704. The van der Waals surface area contributed by atoms with Gasteiger partial charge in [0.1, 0.15) is 6.21 Å². The predicted octanol–water partition coefficient (Wildman–Crippen LogP) is 0.514. The van der Waals surface area contributed by atoms with Crippen LogP contribution in [-0.2, 0) is 19.6 Å². The number of nitrogens with zero attached hydrogens (tertiary/aromatic N) is 1. The third kappa shape index (κ3) is 4.23. The fourth-order valence-corrected chi connectivity index (χ4v) is 1.79. The number of nitrogens with one attached hydrogen (secondary N) is 1. The molecule has 1 aromatic rings. The Labute approximate surface area is 99.3 Å². The van der Waals surface area contributed by atoms with Crippen molar-refractivity contribution in [2.45, 2.75) is 11.8 Å². The number of hydrogen-bond acceptors (Lipinski definition) is 5. The zero-order chi connectivity index (χ0) is 12.7. The molecule has 17 heavy (non-hydrogen) atoms. The minimum Gasteiger partial charge on any atom is -0.462 e. The van der Waals surface area contributed by atoms with Crippen LogP contribution in [0.5, 0.6) is 0 Å². The Kier molecular flexibility index (Phi) is 4.65. The van der Waals surface area contributed by atoms with Crippen molar-refractivity contribution in [1.82, 2.24) is 4.83 Å². The smallest absolute Gasteiger partial charge is 0.351 e. The molecule has 0 spiro atoms. The second-order valence-corrected chi connectivity index (χ2v) is 4.58. The summed E-state index contributed by atoms with van der Waals surface area (Å²) in [7, 11) is -3.73. The van der Waals surface area contributed by atoms with Gasteiger partial charge < -0.3 is 4.74 Å². The number of sulfonamides is 1. The maximum atomic E-state index is 11.6. The predicted molar refractivity (Wildman–Crippen MR) is 61.9 cm³/mol. The normalized spacial score (nSPS) is 11.4. The average molecular weight is 256 g/mol. The van der Waals surface area contributed by atoms with Crippen LogP contribution in [0.2, 0.25) is 0 Å². The lowest BCUT2D eigenvalue weighted by molar-refractivity contribution is -0.134. The molecular formula is C10H12N2O4S. The Bertz CT molecular complexity index is 496. The van der Waals surface area contributed by atoms with E-state index in [4.69, 9.17) is 0 Å². The molecule has 92 valence electrons. The van der Waals surface area contributed by atoms with Crippen molar-refractivity contribution in [1.29, 1.82) is 0 Å². The van der Waals surface area contributed by atoms with Gasteiger partial charge in [-0.05, 0) is 19.1 Å². The van der Waals surface area contributed by atoms with Crippen LogP contribution >= 0.6 is 0 Å². The van der Waals surface area contributed by atoms with E-state index in [1.807, 2.05) is 4.83 Å². The molecule has 0 heterocycles. The van der Waals surface area contributed by atoms with Gasteiger partial charge in [-0.2, -0.15) is 18.4 Å². The van der Waals surface area contributed by atoms with Crippen molar-refractivity contribution >= 4 is 22.2 Å². The highest BCUT2D eigenvalue weighted by atomic mass is 32.2. The van der Waals surface area contributed by atoms with Gasteiger partial charge >= 0.3 is 5.97 Å². The first-order valence-electron chi connectivity index (χ1n) is 4.83. The van der Waals surface area contributed by atoms with Crippen LogP contribution in [0.4, 0.5) is 0 Å². The molecule has 0 aliphatic heterocycles. The van der Waals surface area contributed by atoms with Crippen molar-refractivity contribution < 1.29 is 17.9 Å². The van der Waals surface area contributed by atoms with Crippen LogP contribution in [0.25, 0.3) is 0 Å². The Hall–Kier alpha value is -1.89. The number of esters is 1. The van der Waals surface area contributed by atoms with E-state index in [1.54, 1.807) is 25.1 Å². The maximum absolute atomic E-state index is 11.6. The van der Waals surface area contributed by atoms with Gasteiger partial charge in [0.25, 0.3) is 10.0 Å². The summed E-state index contributed by atoms with van der Waals surface area (Å²) in [6.07, 6.45) is 0.768. The zero-order valence-corrected chi connectivity index (χ0v) is 9.98. The number of hydrogen-bond donors (Lipinski definition) is 1. The molecule has 0 atom stereocenters. The van der Waals surface area contributed by atoms with E-state index in [0.717, 1.165) is 6.21 Å². The maximum Gasteiger partial charge on any atom is 0.351 e. The first-order valence-corrected chi connectivity index (χ1v) is 6.31. The molecule has 0 fully saturated rings. The summed E-state index contributed by atoms with van der Waals surface area (Å²) < 4.78 is 27.7. The van der Waals surface area contributed by atoms with Gasteiger partial charge in [-0.3, -0.25) is 0 Å². The molecule has 0 saturated heterocycles. The topological polar surface area (TPSA) is 84.8 Å². The van der Waals surface area contributed by atoms with Crippen LogP contribution in [0.1, 0.15) is 6.92 Å². The minimum atomic E-state index is -3.73. The molecule has 1 rings (SSSR count). The molecule has 0 saturated carbocycles. The molecule has 1 aromatic carbocycles. The molecule has 0 aromatic heterocycles. The van der Waals surface area contributed by atoms with E-state index in [0.29, 0.717) is 0 Å². The van der Waals surface area contributed by atoms with Crippen LogP contribution in [0, 0.1) is 0 Å². The second-order valence-electron chi connectivity index (χ2n) is 2.92. The molecule has 0 unspecified atom stereocenters. The summed E-state index contributed by atoms with van der Waals surface area (Å²) in [6, 6.07) is 7.71. The second kappa shape index (κ2) is 6.00. The number of hydrazone groups is 1. The standard InChI is InChI=1S/C10H12N2O4S/c1-2-16-10(13)8-11-12-17(14,15)9-6-4-3-5-7-9/h3-8,12H,2H2,1H3/b11-8+. The van der Waals surface area contributed by atoms with E-state index < -0.39 is 16.0 Å². The highest BCUT2D eigenvalue weighted by Crippen LogP contribution is 2.06. The van der Waals surface area contributed by atoms with Crippen molar-refractivity contribution in [3.63, 3.8) is 0 Å². The summed E-state index contributed by atoms with van der Waals surface area (Å²) in [5.41, 5.74) is 0. The Morgan fingerprint density at radius 1 is 1.41 bits per heavy atom. The summed E-state index contributed by atoms with van der Waals surface area (Å²) in [5.74, 6) is -0.705. The molecule has 0 amide bonds. The van der Waals surface area contributed by atoms with Crippen LogP contribution in [-0.4, -0.2) is 27.2 Å². The summed E-state index contributed by atoms with van der Waals surface area (Å²) in [6.45, 7) is 1.84. The lowest BCUT2D eigenvalue weighted by Gasteiger charge is -2.02. The van der Waals surface area contributed by atoms with E-state index in [1.165, 1.54) is 12.1 Å². The average Bonchev–Trinajstić information content (AvgIpc) is 2.30. The van der Waals surface area contributed by atoms with E-state index in [2.05, 4.69) is 9.84 Å². The highest BCUT2D eigenvalue weighted by Gasteiger charge is 2.11.